The molecule has 6 unspecified atom stereocenters. The van der Waals surface area contributed by atoms with Crippen molar-refractivity contribution in [3.05, 3.63) is 0 Å². The Morgan fingerprint density at radius 3 is 1.45 bits per heavy atom. The summed E-state index contributed by atoms with van der Waals surface area (Å²) in [5.74, 6) is 1.74. The van der Waals surface area contributed by atoms with Gasteiger partial charge in [-0.05, 0) is 40.9 Å². The second-order valence-electron chi connectivity index (χ2n) is 9.25. The Bertz CT molecular complexity index is 426. The average Bonchev–Trinajstić information content (AvgIpc) is 2.86. The highest BCUT2D eigenvalue weighted by Gasteiger charge is 2.68. The predicted molar refractivity (Wildman–Crippen MR) is 77.6 cm³/mol. The van der Waals surface area contributed by atoms with Gasteiger partial charge in [-0.15, -0.1) is 0 Å². The summed E-state index contributed by atoms with van der Waals surface area (Å²) in [4.78, 5) is 24.3. The van der Waals surface area contributed by atoms with Gasteiger partial charge in [-0.1, -0.05) is 41.5 Å². The van der Waals surface area contributed by atoms with E-state index in [0.717, 1.165) is 6.42 Å². The molecule has 3 fully saturated rings. The van der Waals surface area contributed by atoms with E-state index in [9.17, 15) is 9.59 Å². The summed E-state index contributed by atoms with van der Waals surface area (Å²) >= 11 is 0. The predicted octanol–water partition coefficient (Wildman–Crippen LogP) is 2.85. The fourth-order valence-electron chi connectivity index (χ4n) is 5.78. The van der Waals surface area contributed by atoms with Crippen molar-refractivity contribution in [1.29, 1.82) is 0 Å². The summed E-state index contributed by atoms with van der Waals surface area (Å²) in [6.07, 6.45) is 1.07. The first-order chi connectivity index (χ1) is 9.03. The normalized spacial score (nSPS) is 43.9. The van der Waals surface area contributed by atoms with Crippen molar-refractivity contribution in [2.24, 2.45) is 46.3 Å². The minimum absolute atomic E-state index is 0.00545. The minimum Gasteiger partial charge on any atom is -0.296 e. The molecule has 112 valence electrons. The zero-order valence-electron chi connectivity index (χ0n) is 13.5. The third-order valence-electron chi connectivity index (χ3n) is 6.02. The highest BCUT2D eigenvalue weighted by Crippen LogP contribution is 2.67. The van der Waals surface area contributed by atoms with Gasteiger partial charge in [0.2, 0.25) is 11.8 Å². The molecule has 2 bridgehead atoms. The van der Waals surface area contributed by atoms with E-state index in [0.29, 0.717) is 23.7 Å². The van der Waals surface area contributed by atoms with Gasteiger partial charge in [0.05, 0.1) is 11.8 Å². The molecule has 0 aromatic heterocycles. The first-order valence-electron chi connectivity index (χ1n) is 7.88. The molecule has 3 heteroatoms. The van der Waals surface area contributed by atoms with E-state index in [1.54, 1.807) is 0 Å². The Morgan fingerprint density at radius 1 is 0.800 bits per heavy atom. The Hall–Kier alpha value is -0.860. The van der Waals surface area contributed by atoms with E-state index >= 15 is 0 Å². The van der Waals surface area contributed by atoms with E-state index < -0.39 is 0 Å². The second kappa shape index (κ2) is 3.86. The number of imide groups is 1. The topological polar surface area (TPSA) is 46.2 Å². The van der Waals surface area contributed by atoms with Crippen molar-refractivity contribution in [3.63, 3.8) is 0 Å². The Balaban J connectivity index is 2.05. The maximum Gasteiger partial charge on any atom is 0.230 e. The van der Waals surface area contributed by atoms with Crippen LogP contribution in [0.5, 0.6) is 0 Å². The lowest BCUT2D eigenvalue weighted by Crippen LogP contribution is -2.46. The van der Waals surface area contributed by atoms with Crippen LogP contribution in [-0.4, -0.2) is 11.8 Å². The third kappa shape index (κ3) is 1.71. The summed E-state index contributed by atoms with van der Waals surface area (Å²) in [5, 5.41) is 2.59. The quantitative estimate of drug-likeness (QED) is 0.692. The molecule has 0 radical (unpaired) electrons. The van der Waals surface area contributed by atoms with Gasteiger partial charge >= 0.3 is 0 Å². The van der Waals surface area contributed by atoms with Crippen LogP contribution < -0.4 is 5.32 Å². The van der Waals surface area contributed by atoms with Gasteiger partial charge in [-0.25, -0.2) is 0 Å². The van der Waals surface area contributed by atoms with Crippen LogP contribution in [0.4, 0.5) is 0 Å². The molecule has 1 N–H and O–H groups in total. The smallest absolute Gasteiger partial charge is 0.230 e. The van der Waals surface area contributed by atoms with Gasteiger partial charge in [0, 0.05) is 0 Å². The molecule has 0 aromatic rings. The summed E-state index contributed by atoms with van der Waals surface area (Å²) in [5.41, 5.74) is 0.377. The lowest BCUT2D eigenvalue weighted by atomic mass is 9.55. The third-order valence-corrected chi connectivity index (χ3v) is 6.02. The highest BCUT2D eigenvalue weighted by atomic mass is 16.2. The van der Waals surface area contributed by atoms with Gasteiger partial charge in [-0.2, -0.15) is 0 Å². The fourth-order valence-corrected chi connectivity index (χ4v) is 5.78. The van der Waals surface area contributed by atoms with Crippen LogP contribution in [-0.2, 0) is 9.59 Å². The molecule has 1 saturated heterocycles. The van der Waals surface area contributed by atoms with Crippen LogP contribution in [0, 0.1) is 46.3 Å². The van der Waals surface area contributed by atoms with Crippen molar-refractivity contribution in [2.75, 3.05) is 0 Å². The van der Waals surface area contributed by atoms with Crippen molar-refractivity contribution < 1.29 is 9.59 Å². The maximum atomic E-state index is 12.2. The first-order valence-corrected chi connectivity index (χ1v) is 7.88. The van der Waals surface area contributed by atoms with Crippen LogP contribution >= 0.6 is 0 Å². The number of fused-ring (bicyclic) bond motifs is 5. The van der Waals surface area contributed by atoms with Gasteiger partial charge in [0.1, 0.15) is 0 Å². The van der Waals surface area contributed by atoms with Crippen LogP contribution in [0.15, 0.2) is 0 Å². The molecule has 3 aliphatic rings. The van der Waals surface area contributed by atoms with Crippen LogP contribution in [0.25, 0.3) is 0 Å². The van der Waals surface area contributed by atoms with Gasteiger partial charge in [0.15, 0.2) is 0 Å². The van der Waals surface area contributed by atoms with Crippen molar-refractivity contribution in [1.82, 2.24) is 5.32 Å². The van der Waals surface area contributed by atoms with E-state index in [1.807, 2.05) is 0 Å². The maximum absolute atomic E-state index is 12.2. The number of rotatable bonds is 0. The van der Waals surface area contributed by atoms with Crippen molar-refractivity contribution >= 4 is 11.8 Å². The van der Waals surface area contributed by atoms with E-state index in [-0.39, 0.29) is 34.5 Å². The molecule has 6 atom stereocenters. The zero-order valence-corrected chi connectivity index (χ0v) is 13.5. The number of carbonyl (C=O) groups excluding carboxylic acids is 2. The standard InChI is InChI=1S/C17H27NO2/c1-16(2,3)12-8-7-9(13(12)17(4,5)6)11-10(8)14(19)18-15(11)20/h8-13H,7H2,1-6H3,(H,18,19,20). The van der Waals surface area contributed by atoms with E-state index in [2.05, 4.69) is 46.9 Å². The summed E-state index contributed by atoms with van der Waals surface area (Å²) < 4.78 is 0. The molecular formula is C17H27NO2. The molecule has 0 spiro atoms. The van der Waals surface area contributed by atoms with Crippen LogP contribution in [0.1, 0.15) is 48.0 Å². The van der Waals surface area contributed by atoms with E-state index in [1.165, 1.54) is 0 Å². The molecule has 1 aliphatic heterocycles. The van der Waals surface area contributed by atoms with Gasteiger partial charge < -0.3 is 0 Å². The van der Waals surface area contributed by atoms with Gasteiger partial charge in [-0.3, -0.25) is 14.9 Å². The largest absolute Gasteiger partial charge is 0.296 e. The van der Waals surface area contributed by atoms with E-state index in [4.69, 9.17) is 0 Å². The van der Waals surface area contributed by atoms with Crippen molar-refractivity contribution in [2.45, 2.75) is 48.0 Å². The number of amides is 2. The lowest BCUT2D eigenvalue weighted by molar-refractivity contribution is -0.127. The molecule has 0 aromatic carbocycles. The molecule has 20 heavy (non-hydrogen) atoms. The summed E-state index contributed by atoms with van der Waals surface area (Å²) in [7, 11) is 0. The SMILES string of the molecule is CC(C)(C)C1C2CC(C3C(=O)NC(=O)C23)C1C(C)(C)C. The molecule has 2 aliphatic carbocycles. The lowest BCUT2D eigenvalue weighted by Gasteiger charge is -2.48. The molecule has 2 amide bonds. The molecular weight excluding hydrogens is 250 g/mol. The number of hydrogen-bond acceptors (Lipinski definition) is 2. The highest BCUT2D eigenvalue weighted by molar-refractivity contribution is 6.06. The Labute approximate surface area is 121 Å². The van der Waals surface area contributed by atoms with Crippen LogP contribution in [0.3, 0.4) is 0 Å². The fraction of sp³-hybridized carbons (Fsp3) is 0.882. The monoisotopic (exact) mass is 277 g/mol. The van der Waals surface area contributed by atoms with Crippen LogP contribution in [0.2, 0.25) is 0 Å². The molecule has 3 nitrogen and oxygen atoms in total. The molecule has 2 saturated carbocycles. The second-order valence-corrected chi connectivity index (χ2v) is 9.25. The minimum atomic E-state index is -0.0460. The summed E-state index contributed by atoms with van der Waals surface area (Å²) in [6.45, 7) is 13.8. The average molecular weight is 277 g/mol. The molecule has 1 heterocycles. The zero-order chi connectivity index (χ0) is 15.0. The first kappa shape index (κ1) is 14.1. The Morgan fingerprint density at radius 2 is 1.15 bits per heavy atom. The molecule has 3 rings (SSSR count). The van der Waals surface area contributed by atoms with Gasteiger partial charge in [0.25, 0.3) is 0 Å². The number of carbonyl (C=O) groups is 2. The number of nitrogens with one attached hydrogen (secondary N) is 1. The Kier molecular flexibility index (Phi) is 2.72. The summed E-state index contributed by atoms with van der Waals surface area (Å²) in [6, 6.07) is 0. The number of hydrogen-bond donors (Lipinski definition) is 1. The van der Waals surface area contributed by atoms with Crippen molar-refractivity contribution in [3.8, 4) is 0 Å².